The van der Waals surface area contributed by atoms with Crippen molar-refractivity contribution in [3.05, 3.63) is 0 Å². The van der Waals surface area contributed by atoms with Crippen molar-refractivity contribution in [1.82, 2.24) is 9.44 Å². The number of aliphatic hydroxyl groups is 1. The van der Waals surface area contributed by atoms with Crippen molar-refractivity contribution in [1.29, 1.82) is 0 Å². The number of aliphatic hydroxyl groups excluding tert-OH is 1. The van der Waals surface area contributed by atoms with Gasteiger partial charge in [0, 0.05) is 26.8 Å². The van der Waals surface area contributed by atoms with E-state index < -0.39 is 10.2 Å². The molecule has 0 amide bonds. The molecule has 0 aromatic heterocycles. The average molecular weight is 254 g/mol. The van der Waals surface area contributed by atoms with Crippen LogP contribution < -0.4 is 9.44 Å². The van der Waals surface area contributed by atoms with E-state index in [1.165, 1.54) is 7.11 Å². The van der Waals surface area contributed by atoms with E-state index in [1.807, 2.05) is 13.8 Å². The third kappa shape index (κ3) is 8.00. The Hall–Kier alpha value is -0.210. The molecule has 6 nitrogen and oxygen atoms in total. The summed E-state index contributed by atoms with van der Waals surface area (Å²) in [5, 5.41) is 8.80. The number of methoxy groups -OCH3 is 1. The Kier molecular flexibility index (Phi) is 7.09. The molecule has 0 fully saturated rings. The van der Waals surface area contributed by atoms with Crippen LogP contribution in [0.1, 0.15) is 20.3 Å². The molecule has 16 heavy (non-hydrogen) atoms. The zero-order valence-corrected chi connectivity index (χ0v) is 10.9. The molecule has 0 aromatic carbocycles. The Morgan fingerprint density at radius 1 is 1.31 bits per heavy atom. The van der Waals surface area contributed by atoms with Gasteiger partial charge in [-0.05, 0) is 11.8 Å². The Morgan fingerprint density at radius 3 is 2.44 bits per heavy atom. The first-order chi connectivity index (χ1) is 7.33. The van der Waals surface area contributed by atoms with E-state index >= 15 is 0 Å². The topological polar surface area (TPSA) is 87.7 Å². The van der Waals surface area contributed by atoms with E-state index in [0.717, 1.165) is 0 Å². The van der Waals surface area contributed by atoms with E-state index in [9.17, 15) is 8.42 Å². The van der Waals surface area contributed by atoms with Crippen molar-refractivity contribution in [2.75, 3.05) is 33.4 Å². The van der Waals surface area contributed by atoms with Gasteiger partial charge in [-0.25, -0.2) is 4.72 Å². The van der Waals surface area contributed by atoms with Crippen molar-refractivity contribution in [2.24, 2.45) is 5.41 Å². The number of ether oxygens (including phenoxy) is 1. The molecule has 0 rings (SSSR count). The van der Waals surface area contributed by atoms with Gasteiger partial charge < -0.3 is 9.84 Å². The number of hydrogen-bond donors (Lipinski definition) is 3. The second-order valence-electron chi connectivity index (χ2n) is 4.35. The van der Waals surface area contributed by atoms with Crippen molar-refractivity contribution in [3.8, 4) is 0 Å². The third-order valence-electron chi connectivity index (χ3n) is 2.13. The predicted octanol–water partition coefficient (Wildman–Crippen LogP) is -0.535. The van der Waals surface area contributed by atoms with E-state index in [0.29, 0.717) is 13.0 Å². The molecule has 0 unspecified atom stereocenters. The third-order valence-corrected chi connectivity index (χ3v) is 3.24. The molecule has 0 aliphatic carbocycles. The molecule has 98 valence electrons. The monoisotopic (exact) mass is 254 g/mol. The molecule has 0 radical (unpaired) electrons. The van der Waals surface area contributed by atoms with Crippen LogP contribution in [0.4, 0.5) is 0 Å². The van der Waals surface area contributed by atoms with E-state index in [4.69, 9.17) is 9.84 Å². The summed E-state index contributed by atoms with van der Waals surface area (Å²) < 4.78 is 32.4. The molecule has 0 saturated carbocycles. The zero-order chi connectivity index (χ0) is 12.7. The molecule has 0 spiro atoms. The largest absolute Gasteiger partial charge is 0.396 e. The molecule has 0 heterocycles. The van der Waals surface area contributed by atoms with Gasteiger partial charge in [-0.2, -0.15) is 13.1 Å². The van der Waals surface area contributed by atoms with Gasteiger partial charge >= 0.3 is 0 Å². The summed E-state index contributed by atoms with van der Waals surface area (Å²) in [5.74, 6) is 0. The Labute approximate surface area is 97.6 Å². The van der Waals surface area contributed by atoms with Gasteiger partial charge in [-0.1, -0.05) is 13.8 Å². The molecule has 7 heteroatoms. The van der Waals surface area contributed by atoms with Crippen molar-refractivity contribution in [2.45, 2.75) is 20.3 Å². The lowest BCUT2D eigenvalue weighted by Gasteiger charge is -2.23. The van der Waals surface area contributed by atoms with Gasteiger partial charge in [-0.15, -0.1) is 0 Å². The van der Waals surface area contributed by atoms with Gasteiger partial charge in [0.2, 0.25) is 0 Å². The molecule has 3 N–H and O–H groups in total. The lowest BCUT2D eigenvalue weighted by Crippen LogP contribution is -2.42. The average Bonchev–Trinajstić information content (AvgIpc) is 2.16. The Balaban J connectivity index is 3.98. The van der Waals surface area contributed by atoms with Crippen LogP contribution in [0.3, 0.4) is 0 Å². The van der Waals surface area contributed by atoms with Gasteiger partial charge in [0.05, 0.1) is 6.61 Å². The zero-order valence-electron chi connectivity index (χ0n) is 10.1. The number of hydrogen-bond acceptors (Lipinski definition) is 4. The summed E-state index contributed by atoms with van der Waals surface area (Å²) in [4.78, 5) is 0. The molecular formula is C9H22N2O4S. The maximum Gasteiger partial charge on any atom is 0.277 e. The molecule has 0 saturated heterocycles. The first-order valence-corrected chi connectivity index (χ1v) is 6.65. The van der Waals surface area contributed by atoms with Crippen LogP contribution in [-0.2, 0) is 14.9 Å². The highest BCUT2D eigenvalue weighted by Gasteiger charge is 2.20. The van der Waals surface area contributed by atoms with Crippen molar-refractivity contribution < 1.29 is 18.3 Å². The highest BCUT2D eigenvalue weighted by Crippen LogP contribution is 2.18. The van der Waals surface area contributed by atoms with Crippen LogP contribution in [0.2, 0.25) is 0 Å². The molecule has 0 atom stereocenters. The minimum atomic E-state index is -3.47. The highest BCUT2D eigenvalue weighted by atomic mass is 32.2. The number of rotatable bonds is 9. The van der Waals surface area contributed by atoms with Gasteiger partial charge in [0.25, 0.3) is 10.2 Å². The van der Waals surface area contributed by atoms with E-state index in [-0.39, 0.29) is 25.1 Å². The highest BCUT2D eigenvalue weighted by molar-refractivity contribution is 7.87. The second-order valence-corrected chi connectivity index (χ2v) is 5.93. The van der Waals surface area contributed by atoms with Crippen LogP contribution in [0, 0.1) is 5.41 Å². The fraction of sp³-hybridized carbons (Fsp3) is 1.00. The summed E-state index contributed by atoms with van der Waals surface area (Å²) in [6.07, 6.45) is 0.549. The van der Waals surface area contributed by atoms with Crippen LogP contribution >= 0.6 is 0 Å². The number of nitrogens with one attached hydrogen (secondary N) is 2. The second kappa shape index (κ2) is 7.18. The quantitative estimate of drug-likeness (QED) is 0.482. The smallest absolute Gasteiger partial charge is 0.277 e. The lowest BCUT2D eigenvalue weighted by molar-refractivity contribution is 0.203. The predicted molar refractivity (Wildman–Crippen MR) is 62.3 cm³/mol. The molecule has 0 aliphatic heterocycles. The van der Waals surface area contributed by atoms with Gasteiger partial charge in [0.15, 0.2) is 0 Å². The summed E-state index contributed by atoms with van der Waals surface area (Å²) >= 11 is 0. The first-order valence-electron chi connectivity index (χ1n) is 5.17. The van der Waals surface area contributed by atoms with Crippen molar-refractivity contribution in [3.63, 3.8) is 0 Å². The maximum atomic E-state index is 11.4. The normalized spacial score (nSPS) is 13.0. The van der Waals surface area contributed by atoms with Gasteiger partial charge in [0.1, 0.15) is 0 Å². The van der Waals surface area contributed by atoms with Crippen LogP contribution in [0.25, 0.3) is 0 Å². The Bertz CT molecular complexity index is 277. The summed E-state index contributed by atoms with van der Waals surface area (Å²) in [6, 6.07) is 0. The van der Waals surface area contributed by atoms with Crippen LogP contribution in [0.15, 0.2) is 0 Å². The first kappa shape index (κ1) is 15.8. The molecule has 0 aromatic rings. The lowest BCUT2D eigenvalue weighted by atomic mass is 9.90. The Morgan fingerprint density at radius 2 is 1.94 bits per heavy atom. The van der Waals surface area contributed by atoms with E-state index in [2.05, 4.69) is 9.44 Å². The fourth-order valence-electron chi connectivity index (χ4n) is 1.01. The minimum absolute atomic E-state index is 0.0475. The molecular weight excluding hydrogens is 232 g/mol. The van der Waals surface area contributed by atoms with Crippen LogP contribution in [0.5, 0.6) is 0 Å². The van der Waals surface area contributed by atoms with Crippen molar-refractivity contribution >= 4 is 10.2 Å². The standard InChI is InChI=1S/C9H22N2O4S/c1-9(2,4-6-12)8-11-16(13,14)10-5-7-15-3/h10-12H,4-8H2,1-3H3. The summed E-state index contributed by atoms with van der Waals surface area (Å²) in [5.41, 5.74) is -0.259. The minimum Gasteiger partial charge on any atom is -0.396 e. The molecule has 0 bridgehead atoms. The maximum absolute atomic E-state index is 11.4. The summed E-state index contributed by atoms with van der Waals surface area (Å²) in [6.45, 7) is 4.69. The molecule has 0 aliphatic rings. The van der Waals surface area contributed by atoms with Gasteiger partial charge in [-0.3, -0.25) is 0 Å². The van der Waals surface area contributed by atoms with E-state index in [1.54, 1.807) is 0 Å². The van der Waals surface area contributed by atoms with Crippen LogP contribution in [-0.4, -0.2) is 46.9 Å². The fourth-order valence-corrected chi connectivity index (χ4v) is 2.05. The summed E-state index contributed by atoms with van der Waals surface area (Å²) in [7, 11) is -1.96. The SMILES string of the molecule is COCCNS(=O)(=O)NCC(C)(C)CCO.